The van der Waals surface area contributed by atoms with Crippen molar-refractivity contribution in [2.24, 2.45) is 0 Å². The van der Waals surface area contributed by atoms with E-state index in [9.17, 15) is 0 Å². The van der Waals surface area contributed by atoms with Crippen LogP contribution < -0.4 is 0 Å². The van der Waals surface area contributed by atoms with Crippen LogP contribution in [0, 0.1) is 0 Å². The summed E-state index contributed by atoms with van der Waals surface area (Å²) in [6.45, 7) is 2.07. The average molecular weight is 251 g/mol. The van der Waals surface area contributed by atoms with E-state index in [4.69, 9.17) is 0 Å². The quantitative estimate of drug-likeness (QED) is 0.753. The molecular formula is C18H21N. The van der Waals surface area contributed by atoms with Crippen molar-refractivity contribution in [3.8, 4) is 0 Å². The average Bonchev–Trinajstić information content (AvgIpc) is 2.47. The molecule has 0 aliphatic heterocycles. The fourth-order valence-electron chi connectivity index (χ4n) is 1.99. The van der Waals surface area contributed by atoms with Crippen LogP contribution in [0.15, 0.2) is 66.7 Å². The van der Waals surface area contributed by atoms with Gasteiger partial charge in [0.2, 0.25) is 0 Å². The van der Waals surface area contributed by atoms with Gasteiger partial charge >= 0.3 is 0 Å². The van der Waals surface area contributed by atoms with Gasteiger partial charge in [0, 0.05) is 13.1 Å². The third-order valence-electron chi connectivity index (χ3n) is 3.15. The molecule has 0 saturated heterocycles. The zero-order chi connectivity index (χ0) is 13.3. The largest absolute Gasteiger partial charge is 0.302 e. The van der Waals surface area contributed by atoms with Gasteiger partial charge in [0.25, 0.3) is 0 Å². The van der Waals surface area contributed by atoms with E-state index >= 15 is 0 Å². The lowest BCUT2D eigenvalue weighted by molar-refractivity contribution is 0.375. The van der Waals surface area contributed by atoms with Crippen molar-refractivity contribution < 1.29 is 0 Å². The van der Waals surface area contributed by atoms with Crippen LogP contribution in [0.2, 0.25) is 0 Å². The molecule has 0 fully saturated rings. The van der Waals surface area contributed by atoms with E-state index in [1.165, 1.54) is 11.1 Å². The van der Waals surface area contributed by atoms with Crippen LogP contribution in [0.5, 0.6) is 0 Å². The van der Waals surface area contributed by atoms with Gasteiger partial charge in [-0.3, -0.25) is 0 Å². The van der Waals surface area contributed by atoms with Crippen LogP contribution in [0.4, 0.5) is 0 Å². The molecule has 0 saturated carbocycles. The van der Waals surface area contributed by atoms with Crippen LogP contribution in [-0.2, 0) is 6.42 Å². The zero-order valence-electron chi connectivity index (χ0n) is 11.5. The number of rotatable bonds is 6. The summed E-state index contributed by atoms with van der Waals surface area (Å²) in [4.78, 5) is 2.34. The molecule has 19 heavy (non-hydrogen) atoms. The Hall–Kier alpha value is -1.86. The number of hydrogen-bond acceptors (Lipinski definition) is 1. The van der Waals surface area contributed by atoms with Crippen molar-refractivity contribution in [2.75, 3.05) is 20.1 Å². The van der Waals surface area contributed by atoms with E-state index in [1.807, 2.05) is 6.07 Å². The lowest BCUT2D eigenvalue weighted by Crippen LogP contribution is -2.21. The van der Waals surface area contributed by atoms with Gasteiger partial charge in [-0.1, -0.05) is 72.8 Å². The summed E-state index contributed by atoms with van der Waals surface area (Å²) in [5.74, 6) is 0. The van der Waals surface area contributed by atoms with Gasteiger partial charge in [0.05, 0.1) is 0 Å². The highest BCUT2D eigenvalue weighted by Crippen LogP contribution is 2.02. The van der Waals surface area contributed by atoms with Crippen molar-refractivity contribution >= 4 is 6.08 Å². The Kier molecular flexibility index (Phi) is 5.39. The molecule has 1 heteroatoms. The Morgan fingerprint density at radius 3 is 2.21 bits per heavy atom. The van der Waals surface area contributed by atoms with Crippen molar-refractivity contribution in [3.63, 3.8) is 0 Å². The zero-order valence-corrected chi connectivity index (χ0v) is 11.5. The molecule has 2 rings (SSSR count). The minimum atomic E-state index is 0.988. The van der Waals surface area contributed by atoms with E-state index in [0.717, 1.165) is 19.5 Å². The highest BCUT2D eigenvalue weighted by Gasteiger charge is 1.96. The molecular weight excluding hydrogens is 230 g/mol. The molecule has 2 aromatic carbocycles. The molecule has 0 bridgehead atoms. The van der Waals surface area contributed by atoms with Crippen LogP contribution in [-0.4, -0.2) is 25.0 Å². The number of nitrogens with zero attached hydrogens (tertiary/aromatic N) is 1. The molecule has 0 unspecified atom stereocenters. The van der Waals surface area contributed by atoms with Gasteiger partial charge in [-0.15, -0.1) is 0 Å². The summed E-state index contributed by atoms with van der Waals surface area (Å²) in [6, 6.07) is 21.1. The van der Waals surface area contributed by atoms with Crippen molar-refractivity contribution in [1.29, 1.82) is 0 Å². The maximum absolute atomic E-state index is 2.34. The highest BCUT2D eigenvalue weighted by atomic mass is 15.1. The normalized spacial score (nSPS) is 11.3. The molecule has 0 N–H and O–H groups in total. The van der Waals surface area contributed by atoms with E-state index in [0.29, 0.717) is 0 Å². The fraction of sp³-hybridized carbons (Fsp3) is 0.222. The molecule has 0 atom stereocenters. The SMILES string of the molecule is CN(CC=Cc1ccccc1)CCc1ccccc1. The fourth-order valence-corrected chi connectivity index (χ4v) is 1.99. The summed E-state index contributed by atoms with van der Waals surface area (Å²) in [6.07, 6.45) is 5.51. The summed E-state index contributed by atoms with van der Waals surface area (Å²) in [5, 5.41) is 0. The van der Waals surface area contributed by atoms with Crippen molar-refractivity contribution in [3.05, 3.63) is 77.9 Å². The third kappa shape index (κ3) is 5.11. The molecule has 2 aromatic rings. The van der Waals surface area contributed by atoms with E-state index in [-0.39, 0.29) is 0 Å². The monoisotopic (exact) mass is 251 g/mol. The second-order valence-electron chi connectivity index (χ2n) is 4.81. The summed E-state index contributed by atoms with van der Waals surface area (Å²) in [5.41, 5.74) is 2.67. The van der Waals surface area contributed by atoms with Gasteiger partial charge in [-0.2, -0.15) is 0 Å². The summed E-state index contributed by atoms with van der Waals surface area (Å²) >= 11 is 0. The molecule has 0 spiro atoms. The maximum atomic E-state index is 2.34. The summed E-state index contributed by atoms with van der Waals surface area (Å²) in [7, 11) is 2.16. The number of benzene rings is 2. The summed E-state index contributed by atoms with van der Waals surface area (Å²) < 4.78 is 0. The Labute approximate surface area is 116 Å². The Morgan fingerprint density at radius 2 is 1.53 bits per heavy atom. The standard InChI is InChI=1S/C18H21N/c1-19(16-14-18-11-6-3-7-12-18)15-8-13-17-9-4-2-5-10-17/h2-13H,14-16H2,1H3. The minimum absolute atomic E-state index is 0.988. The van der Waals surface area contributed by atoms with Gasteiger partial charge in [-0.05, 0) is 24.6 Å². The molecule has 1 nitrogen and oxygen atoms in total. The first kappa shape index (κ1) is 13.6. The van der Waals surface area contributed by atoms with Crippen molar-refractivity contribution in [1.82, 2.24) is 4.90 Å². The molecule has 98 valence electrons. The van der Waals surface area contributed by atoms with Crippen LogP contribution >= 0.6 is 0 Å². The maximum Gasteiger partial charge on any atom is 0.0163 e. The topological polar surface area (TPSA) is 3.24 Å². The first-order chi connectivity index (χ1) is 9.34. The molecule has 0 aliphatic carbocycles. The van der Waals surface area contributed by atoms with E-state index < -0.39 is 0 Å². The first-order valence-corrected chi connectivity index (χ1v) is 6.78. The molecule has 0 heterocycles. The Balaban J connectivity index is 1.73. The van der Waals surface area contributed by atoms with E-state index in [1.54, 1.807) is 0 Å². The second kappa shape index (κ2) is 7.55. The predicted octanol–water partition coefficient (Wildman–Crippen LogP) is 3.87. The predicted molar refractivity (Wildman–Crippen MR) is 83.1 cm³/mol. The lowest BCUT2D eigenvalue weighted by Gasteiger charge is -2.14. The molecule has 0 aromatic heterocycles. The Morgan fingerprint density at radius 1 is 0.895 bits per heavy atom. The lowest BCUT2D eigenvalue weighted by atomic mass is 10.1. The van der Waals surface area contributed by atoms with Gasteiger partial charge in [-0.25, -0.2) is 0 Å². The minimum Gasteiger partial charge on any atom is -0.302 e. The molecule has 0 aliphatic rings. The van der Waals surface area contributed by atoms with Gasteiger partial charge in [0.1, 0.15) is 0 Å². The molecule has 0 amide bonds. The van der Waals surface area contributed by atoms with Gasteiger partial charge < -0.3 is 4.90 Å². The van der Waals surface area contributed by atoms with Gasteiger partial charge in [0.15, 0.2) is 0 Å². The van der Waals surface area contributed by atoms with Crippen molar-refractivity contribution in [2.45, 2.75) is 6.42 Å². The Bertz CT molecular complexity index is 488. The number of hydrogen-bond donors (Lipinski definition) is 0. The van der Waals surface area contributed by atoms with Crippen LogP contribution in [0.1, 0.15) is 11.1 Å². The van der Waals surface area contributed by atoms with Crippen LogP contribution in [0.3, 0.4) is 0 Å². The first-order valence-electron chi connectivity index (χ1n) is 6.78. The van der Waals surface area contributed by atoms with Crippen LogP contribution in [0.25, 0.3) is 6.08 Å². The third-order valence-corrected chi connectivity index (χ3v) is 3.15. The highest BCUT2D eigenvalue weighted by molar-refractivity contribution is 5.48. The second-order valence-corrected chi connectivity index (χ2v) is 4.81. The number of likely N-dealkylation sites (N-methyl/N-ethyl adjacent to an activating group) is 1. The smallest absolute Gasteiger partial charge is 0.0163 e. The molecule has 0 radical (unpaired) electrons. The van der Waals surface area contributed by atoms with E-state index in [2.05, 4.69) is 78.7 Å².